The molecule has 80 valence electrons. The standard InChI is InChI=1S/C10H24O2Si/c1-6-10(4,5)9-13(11-7-2)12-8-3/h13H,6-9H2,1-5H3. The van der Waals surface area contributed by atoms with Gasteiger partial charge in [0, 0.05) is 13.2 Å². The van der Waals surface area contributed by atoms with Crippen LogP contribution in [0.1, 0.15) is 41.0 Å². The fraction of sp³-hybridized carbons (Fsp3) is 1.00. The van der Waals surface area contributed by atoms with Gasteiger partial charge in [0.15, 0.2) is 0 Å². The van der Waals surface area contributed by atoms with Crippen molar-refractivity contribution in [2.45, 2.75) is 47.1 Å². The van der Waals surface area contributed by atoms with Gasteiger partial charge in [-0.15, -0.1) is 0 Å². The highest BCUT2D eigenvalue weighted by atomic mass is 28.3. The maximum absolute atomic E-state index is 5.64. The van der Waals surface area contributed by atoms with Crippen LogP contribution in [0.25, 0.3) is 0 Å². The number of hydrogen-bond donors (Lipinski definition) is 0. The van der Waals surface area contributed by atoms with E-state index in [1.807, 2.05) is 13.8 Å². The summed E-state index contributed by atoms with van der Waals surface area (Å²) in [5.41, 5.74) is 0.376. The fourth-order valence-corrected chi connectivity index (χ4v) is 3.40. The molecule has 2 nitrogen and oxygen atoms in total. The lowest BCUT2D eigenvalue weighted by molar-refractivity contribution is 0.198. The lowest BCUT2D eigenvalue weighted by Gasteiger charge is -2.26. The Labute approximate surface area is 84.5 Å². The molecule has 0 amide bonds. The molecule has 13 heavy (non-hydrogen) atoms. The summed E-state index contributed by atoms with van der Waals surface area (Å²) in [5, 5.41) is 0. The number of rotatable bonds is 7. The van der Waals surface area contributed by atoms with E-state index in [-0.39, 0.29) is 0 Å². The van der Waals surface area contributed by atoms with Gasteiger partial charge < -0.3 is 8.85 Å². The molecule has 0 aliphatic rings. The van der Waals surface area contributed by atoms with Gasteiger partial charge in [-0.25, -0.2) is 0 Å². The molecule has 0 aliphatic heterocycles. The van der Waals surface area contributed by atoms with Crippen LogP contribution in [0.5, 0.6) is 0 Å². The van der Waals surface area contributed by atoms with Gasteiger partial charge in [0.2, 0.25) is 0 Å². The molecule has 0 aromatic carbocycles. The van der Waals surface area contributed by atoms with E-state index < -0.39 is 9.28 Å². The molecule has 0 fully saturated rings. The molecule has 0 aliphatic carbocycles. The normalized spacial score (nSPS) is 12.5. The summed E-state index contributed by atoms with van der Waals surface area (Å²) in [6, 6.07) is 1.12. The van der Waals surface area contributed by atoms with E-state index in [4.69, 9.17) is 8.85 Å². The molecule has 0 spiro atoms. The predicted octanol–water partition coefficient (Wildman–Crippen LogP) is 2.72. The van der Waals surface area contributed by atoms with Crippen LogP contribution in [0.15, 0.2) is 0 Å². The lowest BCUT2D eigenvalue weighted by Crippen LogP contribution is -2.29. The van der Waals surface area contributed by atoms with Crippen LogP contribution in [0.2, 0.25) is 6.04 Å². The second-order valence-electron chi connectivity index (χ2n) is 4.06. The van der Waals surface area contributed by atoms with Crippen molar-refractivity contribution in [3.63, 3.8) is 0 Å². The summed E-state index contributed by atoms with van der Waals surface area (Å²) < 4.78 is 11.3. The van der Waals surface area contributed by atoms with Crippen molar-refractivity contribution in [3.8, 4) is 0 Å². The van der Waals surface area contributed by atoms with Gasteiger partial charge in [-0.05, 0) is 25.3 Å². The molecule has 0 heterocycles. The van der Waals surface area contributed by atoms with Gasteiger partial charge >= 0.3 is 9.28 Å². The highest BCUT2D eigenvalue weighted by Crippen LogP contribution is 2.27. The highest BCUT2D eigenvalue weighted by molar-refractivity contribution is 6.44. The van der Waals surface area contributed by atoms with Crippen molar-refractivity contribution in [2.75, 3.05) is 13.2 Å². The van der Waals surface area contributed by atoms with Crippen LogP contribution in [-0.4, -0.2) is 22.5 Å². The third-order valence-electron chi connectivity index (χ3n) is 2.38. The average molecular weight is 204 g/mol. The Bertz CT molecular complexity index is 120. The first-order valence-electron chi connectivity index (χ1n) is 5.29. The van der Waals surface area contributed by atoms with Crippen molar-refractivity contribution >= 4 is 9.28 Å². The van der Waals surface area contributed by atoms with Gasteiger partial charge in [0.1, 0.15) is 0 Å². The summed E-state index contributed by atoms with van der Waals surface area (Å²) in [4.78, 5) is 0. The number of hydrogen-bond acceptors (Lipinski definition) is 2. The van der Waals surface area contributed by atoms with Crippen LogP contribution < -0.4 is 0 Å². The lowest BCUT2D eigenvalue weighted by atomic mass is 9.93. The van der Waals surface area contributed by atoms with E-state index in [1.165, 1.54) is 6.42 Å². The van der Waals surface area contributed by atoms with E-state index in [0.29, 0.717) is 5.41 Å². The molecule has 0 bridgehead atoms. The first-order chi connectivity index (χ1) is 6.05. The molecule has 0 rings (SSSR count). The monoisotopic (exact) mass is 204 g/mol. The van der Waals surface area contributed by atoms with Crippen molar-refractivity contribution < 1.29 is 8.85 Å². The van der Waals surface area contributed by atoms with Crippen LogP contribution in [0.4, 0.5) is 0 Å². The first-order valence-corrected chi connectivity index (χ1v) is 7.04. The Morgan fingerprint density at radius 1 is 1.00 bits per heavy atom. The van der Waals surface area contributed by atoms with E-state index in [2.05, 4.69) is 20.8 Å². The Kier molecular flexibility index (Phi) is 6.64. The largest absolute Gasteiger partial charge is 0.397 e. The van der Waals surface area contributed by atoms with Crippen LogP contribution in [0.3, 0.4) is 0 Å². The van der Waals surface area contributed by atoms with Crippen molar-refractivity contribution in [2.24, 2.45) is 5.41 Å². The minimum Gasteiger partial charge on any atom is -0.397 e. The van der Waals surface area contributed by atoms with Crippen LogP contribution in [0, 0.1) is 5.41 Å². The summed E-state index contributed by atoms with van der Waals surface area (Å²) in [6.45, 7) is 12.4. The minimum absolute atomic E-state index is 0.376. The molecule has 0 radical (unpaired) electrons. The Morgan fingerprint density at radius 2 is 1.46 bits per heavy atom. The minimum atomic E-state index is -1.38. The quantitative estimate of drug-likeness (QED) is 0.594. The highest BCUT2D eigenvalue weighted by Gasteiger charge is 2.24. The summed E-state index contributed by atoms with van der Waals surface area (Å²) >= 11 is 0. The van der Waals surface area contributed by atoms with Crippen molar-refractivity contribution in [1.29, 1.82) is 0 Å². The zero-order valence-electron chi connectivity index (χ0n) is 9.72. The molecular weight excluding hydrogens is 180 g/mol. The van der Waals surface area contributed by atoms with Crippen LogP contribution >= 0.6 is 0 Å². The van der Waals surface area contributed by atoms with Crippen molar-refractivity contribution in [3.05, 3.63) is 0 Å². The third-order valence-corrected chi connectivity index (χ3v) is 5.23. The van der Waals surface area contributed by atoms with Gasteiger partial charge in [-0.3, -0.25) is 0 Å². The summed E-state index contributed by atoms with van der Waals surface area (Å²) in [7, 11) is -1.38. The van der Waals surface area contributed by atoms with E-state index >= 15 is 0 Å². The smallest absolute Gasteiger partial charge is 0.321 e. The molecule has 0 saturated carbocycles. The molecule has 3 heteroatoms. The maximum Gasteiger partial charge on any atom is 0.321 e. The van der Waals surface area contributed by atoms with Gasteiger partial charge in [0.25, 0.3) is 0 Å². The van der Waals surface area contributed by atoms with E-state index in [0.717, 1.165) is 19.3 Å². The second-order valence-corrected chi connectivity index (χ2v) is 6.00. The topological polar surface area (TPSA) is 18.5 Å². The zero-order valence-corrected chi connectivity index (χ0v) is 10.9. The molecule has 0 unspecified atom stereocenters. The van der Waals surface area contributed by atoms with Gasteiger partial charge in [-0.1, -0.05) is 27.2 Å². The molecule has 0 aromatic rings. The Morgan fingerprint density at radius 3 is 1.77 bits per heavy atom. The van der Waals surface area contributed by atoms with Crippen LogP contribution in [-0.2, 0) is 8.85 Å². The first kappa shape index (κ1) is 13.1. The van der Waals surface area contributed by atoms with E-state index in [9.17, 15) is 0 Å². The summed E-state index contributed by atoms with van der Waals surface area (Å²) in [6.07, 6.45) is 1.19. The SMILES string of the molecule is CCO[SiH](CC(C)(C)CC)OCC. The Hall–Kier alpha value is 0.137. The summed E-state index contributed by atoms with van der Waals surface area (Å²) in [5.74, 6) is 0. The van der Waals surface area contributed by atoms with Crippen molar-refractivity contribution in [1.82, 2.24) is 0 Å². The Balaban J connectivity index is 3.92. The fourth-order valence-electron chi connectivity index (χ4n) is 1.13. The predicted molar refractivity (Wildman–Crippen MR) is 59.3 cm³/mol. The second kappa shape index (κ2) is 6.57. The zero-order chi connectivity index (χ0) is 10.3. The molecule has 0 atom stereocenters. The van der Waals surface area contributed by atoms with Gasteiger partial charge in [-0.2, -0.15) is 0 Å². The molecule has 0 N–H and O–H groups in total. The average Bonchev–Trinajstić information content (AvgIpc) is 2.05. The molecule has 0 aromatic heterocycles. The third kappa shape index (κ3) is 6.24. The maximum atomic E-state index is 5.64. The molecular formula is C10H24O2Si. The van der Waals surface area contributed by atoms with Gasteiger partial charge in [0.05, 0.1) is 0 Å². The molecule has 0 saturated heterocycles. The van der Waals surface area contributed by atoms with E-state index in [1.54, 1.807) is 0 Å².